The lowest BCUT2D eigenvalue weighted by atomic mass is 9.74. The summed E-state index contributed by atoms with van der Waals surface area (Å²) in [6.45, 7) is 0.489. The number of nitrogens with zero attached hydrogens (tertiary/aromatic N) is 1. The largest absolute Gasteiger partial charge is 0.374 e. The Kier molecular flexibility index (Phi) is 5.32. The van der Waals surface area contributed by atoms with Crippen LogP contribution in [0.4, 0.5) is 4.39 Å². The van der Waals surface area contributed by atoms with Gasteiger partial charge in [0, 0.05) is 5.54 Å². The van der Waals surface area contributed by atoms with Gasteiger partial charge in [-0.15, -0.1) is 0 Å². The predicted octanol–water partition coefficient (Wildman–Crippen LogP) is 4.74. The molecule has 2 aromatic carbocycles. The molecule has 3 heteroatoms. The topological polar surface area (TPSA) is 12.5 Å². The van der Waals surface area contributed by atoms with Gasteiger partial charge in [0.05, 0.1) is 12.7 Å². The second kappa shape index (κ2) is 7.45. The number of hydrogen-bond acceptors (Lipinski definition) is 2. The fraction of sp³-hybridized carbons (Fsp3) is 0.429. The zero-order valence-corrected chi connectivity index (χ0v) is 14.5. The fourth-order valence-electron chi connectivity index (χ4n) is 3.82. The van der Waals surface area contributed by atoms with Gasteiger partial charge in [-0.1, -0.05) is 42.5 Å². The van der Waals surface area contributed by atoms with Crippen LogP contribution in [-0.4, -0.2) is 25.1 Å². The van der Waals surface area contributed by atoms with E-state index in [2.05, 4.69) is 49.3 Å². The smallest absolute Gasteiger partial charge is 0.123 e. The molecule has 0 saturated heterocycles. The molecule has 0 unspecified atom stereocenters. The lowest BCUT2D eigenvalue weighted by Gasteiger charge is -2.45. The van der Waals surface area contributed by atoms with Crippen molar-refractivity contribution in [1.29, 1.82) is 0 Å². The molecule has 1 aliphatic carbocycles. The Labute approximate surface area is 144 Å². The molecule has 1 fully saturated rings. The van der Waals surface area contributed by atoms with Gasteiger partial charge in [-0.3, -0.25) is 4.90 Å². The van der Waals surface area contributed by atoms with Crippen LogP contribution >= 0.6 is 0 Å². The summed E-state index contributed by atoms with van der Waals surface area (Å²) in [4.78, 5) is 2.35. The van der Waals surface area contributed by atoms with Gasteiger partial charge in [-0.05, 0) is 63.0 Å². The van der Waals surface area contributed by atoms with Gasteiger partial charge in [0.15, 0.2) is 0 Å². The van der Waals surface area contributed by atoms with Gasteiger partial charge in [0.2, 0.25) is 0 Å². The molecule has 3 rings (SSSR count). The van der Waals surface area contributed by atoms with Crippen molar-refractivity contribution in [2.24, 2.45) is 0 Å². The van der Waals surface area contributed by atoms with Gasteiger partial charge in [0.25, 0.3) is 0 Å². The maximum Gasteiger partial charge on any atom is 0.123 e. The number of rotatable bonds is 5. The van der Waals surface area contributed by atoms with E-state index in [0.29, 0.717) is 6.61 Å². The molecule has 2 aromatic rings. The maximum atomic E-state index is 13.2. The highest BCUT2D eigenvalue weighted by atomic mass is 19.1. The zero-order valence-electron chi connectivity index (χ0n) is 14.5. The molecular weight excluding hydrogens is 301 g/mol. The summed E-state index contributed by atoms with van der Waals surface area (Å²) in [5.74, 6) is -0.199. The molecule has 24 heavy (non-hydrogen) atoms. The first kappa shape index (κ1) is 17.1. The van der Waals surface area contributed by atoms with Crippen molar-refractivity contribution < 1.29 is 9.13 Å². The molecule has 0 heterocycles. The third kappa shape index (κ3) is 3.68. The first-order valence-corrected chi connectivity index (χ1v) is 8.69. The molecule has 0 radical (unpaired) electrons. The Morgan fingerprint density at radius 3 is 2.38 bits per heavy atom. The third-order valence-corrected chi connectivity index (χ3v) is 5.30. The van der Waals surface area contributed by atoms with Crippen LogP contribution in [0.3, 0.4) is 0 Å². The van der Waals surface area contributed by atoms with Crippen LogP contribution in [0.15, 0.2) is 54.6 Å². The summed E-state index contributed by atoms with van der Waals surface area (Å²) in [6, 6.07) is 17.4. The summed E-state index contributed by atoms with van der Waals surface area (Å²) >= 11 is 0. The minimum atomic E-state index is -0.199. The quantitative estimate of drug-likeness (QED) is 0.786. The van der Waals surface area contributed by atoms with Crippen LogP contribution in [-0.2, 0) is 16.9 Å². The van der Waals surface area contributed by atoms with Crippen LogP contribution in [0, 0.1) is 5.82 Å². The molecular formula is C21H26FNO. The summed E-state index contributed by atoms with van der Waals surface area (Å²) in [5, 5.41) is 0. The Morgan fingerprint density at radius 1 is 1.04 bits per heavy atom. The molecule has 0 N–H and O–H groups in total. The normalized spacial score (nSPS) is 24.2. The molecule has 2 nitrogen and oxygen atoms in total. The summed E-state index contributed by atoms with van der Waals surface area (Å²) in [5.41, 5.74) is 2.39. The van der Waals surface area contributed by atoms with E-state index in [1.807, 2.05) is 6.07 Å². The number of hydrogen-bond donors (Lipinski definition) is 0. The van der Waals surface area contributed by atoms with E-state index in [1.165, 1.54) is 11.6 Å². The Hall–Kier alpha value is -1.71. The van der Waals surface area contributed by atoms with Gasteiger partial charge < -0.3 is 4.74 Å². The van der Waals surface area contributed by atoms with Crippen molar-refractivity contribution in [2.45, 2.75) is 43.9 Å². The van der Waals surface area contributed by atoms with Crippen molar-refractivity contribution in [3.8, 4) is 0 Å². The van der Waals surface area contributed by atoms with E-state index in [-0.39, 0.29) is 17.5 Å². The third-order valence-electron chi connectivity index (χ3n) is 5.30. The standard InChI is InChI=1S/C21H26FNO/c1-23(2)21(18-8-4-3-5-9-18)13-11-20(12-14-21)24-16-17-7-6-10-19(22)15-17/h3-10,15,20H,11-14,16H2,1-2H3. The summed E-state index contributed by atoms with van der Waals surface area (Å²) in [7, 11) is 4.34. The average molecular weight is 327 g/mol. The fourth-order valence-corrected chi connectivity index (χ4v) is 3.82. The molecule has 0 bridgehead atoms. The molecule has 0 aliphatic heterocycles. The van der Waals surface area contributed by atoms with E-state index in [4.69, 9.17) is 4.74 Å². The minimum Gasteiger partial charge on any atom is -0.374 e. The number of ether oxygens (including phenoxy) is 1. The number of benzene rings is 2. The van der Waals surface area contributed by atoms with Crippen LogP contribution in [0.2, 0.25) is 0 Å². The van der Waals surface area contributed by atoms with Crippen LogP contribution in [0.1, 0.15) is 36.8 Å². The van der Waals surface area contributed by atoms with Crippen molar-refractivity contribution in [2.75, 3.05) is 14.1 Å². The van der Waals surface area contributed by atoms with Crippen LogP contribution in [0.5, 0.6) is 0 Å². The molecule has 1 saturated carbocycles. The molecule has 1 aliphatic rings. The molecule has 0 aromatic heterocycles. The maximum absolute atomic E-state index is 13.2. The first-order chi connectivity index (χ1) is 11.6. The van der Waals surface area contributed by atoms with Crippen LogP contribution in [0.25, 0.3) is 0 Å². The van der Waals surface area contributed by atoms with E-state index in [1.54, 1.807) is 12.1 Å². The SMILES string of the molecule is CN(C)C1(c2ccccc2)CCC(OCc2cccc(F)c2)CC1. The van der Waals surface area contributed by atoms with Gasteiger partial charge in [-0.25, -0.2) is 4.39 Å². The second-order valence-electron chi connectivity index (χ2n) is 6.93. The Morgan fingerprint density at radius 2 is 1.75 bits per heavy atom. The Bertz CT molecular complexity index is 648. The van der Waals surface area contributed by atoms with Gasteiger partial charge >= 0.3 is 0 Å². The monoisotopic (exact) mass is 327 g/mol. The highest BCUT2D eigenvalue weighted by Gasteiger charge is 2.38. The van der Waals surface area contributed by atoms with Gasteiger partial charge in [0.1, 0.15) is 5.82 Å². The molecule has 0 atom stereocenters. The van der Waals surface area contributed by atoms with E-state index in [9.17, 15) is 4.39 Å². The Balaban J connectivity index is 1.61. The van der Waals surface area contributed by atoms with Crippen LogP contribution < -0.4 is 0 Å². The van der Waals surface area contributed by atoms with E-state index < -0.39 is 0 Å². The van der Waals surface area contributed by atoms with Crippen molar-refractivity contribution in [3.05, 3.63) is 71.5 Å². The molecule has 0 spiro atoms. The second-order valence-corrected chi connectivity index (χ2v) is 6.93. The summed E-state index contributed by atoms with van der Waals surface area (Å²) < 4.78 is 19.3. The lowest BCUT2D eigenvalue weighted by molar-refractivity contribution is -0.0249. The first-order valence-electron chi connectivity index (χ1n) is 8.69. The lowest BCUT2D eigenvalue weighted by Crippen LogP contribution is -2.45. The van der Waals surface area contributed by atoms with E-state index >= 15 is 0 Å². The summed E-state index contributed by atoms with van der Waals surface area (Å²) in [6.07, 6.45) is 4.48. The van der Waals surface area contributed by atoms with Crippen molar-refractivity contribution in [3.63, 3.8) is 0 Å². The van der Waals surface area contributed by atoms with Crippen molar-refractivity contribution >= 4 is 0 Å². The zero-order chi connectivity index (χ0) is 17.0. The van der Waals surface area contributed by atoms with E-state index in [0.717, 1.165) is 31.2 Å². The molecule has 128 valence electrons. The van der Waals surface area contributed by atoms with Gasteiger partial charge in [-0.2, -0.15) is 0 Å². The average Bonchev–Trinajstić information content (AvgIpc) is 2.61. The highest BCUT2D eigenvalue weighted by Crippen LogP contribution is 2.41. The predicted molar refractivity (Wildman–Crippen MR) is 95.3 cm³/mol. The van der Waals surface area contributed by atoms with Crippen molar-refractivity contribution in [1.82, 2.24) is 4.90 Å². The highest BCUT2D eigenvalue weighted by molar-refractivity contribution is 5.25. The minimum absolute atomic E-state index is 0.0972. The molecule has 0 amide bonds. The number of halogens is 1.